The molecule has 0 radical (unpaired) electrons. The van der Waals surface area contributed by atoms with Crippen molar-refractivity contribution < 1.29 is 24.0 Å². The number of quaternary nitrogens is 1. The molecule has 2 aromatic carbocycles. The minimum absolute atomic E-state index is 0.0217. The smallest absolute Gasteiger partial charge is 0.291 e. The fraction of sp³-hybridized carbons (Fsp3) is 0.348. The topological polar surface area (TPSA) is 80.2 Å². The second-order valence-corrected chi connectivity index (χ2v) is 8.55. The molecule has 30 heavy (non-hydrogen) atoms. The van der Waals surface area contributed by atoms with Crippen LogP contribution in [0.1, 0.15) is 18.4 Å². The molecule has 4 heterocycles. The highest BCUT2D eigenvalue weighted by Gasteiger charge is 2.78. The van der Waals surface area contributed by atoms with E-state index in [9.17, 15) is 14.4 Å². The third kappa shape index (κ3) is 1.91. The fourth-order valence-electron chi connectivity index (χ4n) is 6.40. The number of fused-ring (bicyclic) bond motifs is 7. The van der Waals surface area contributed by atoms with Crippen molar-refractivity contribution in [2.45, 2.75) is 24.4 Å². The SMILES string of the molecule is COc1ccc(N2C(=O)[C@H]3[C@@H]4CCC[NH+]4[C@@]4(C(=O)Nc5ccccc54)[C@H]3C2=O)cc1. The third-order valence-corrected chi connectivity index (χ3v) is 7.46. The van der Waals surface area contributed by atoms with Gasteiger partial charge in [-0.1, -0.05) is 18.2 Å². The maximum atomic E-state index is 13.8. The molecule has 0 bridgehead atoms. The summed E-state index contributed by atoms with van der Waals surface area (Å²) < 4.78 is 5.20. The van der Waals surface area contributed by atoms with Crippen LogP contribution in [0.2, 0.25) is 0 Å². The van der Waals surface area contributed by atoms with Gasteiger partial charge in [-0.2, -0.15) is 0 Å². The molecule has 1 spiro atoms. The Morgan fingerprint density at radius 3 is 2.60 bits per heavy atom. The van der Waals surface area contributed by atoms with Gasteiger partial charge in [-0.15, -0.1) is 0 Å². The summed E-state index contributed by atoms with van der Waals surface area (Å²) in [5, 5.41) is 3.00. The van der Waals surface area contributed by atoms with Crippen LogP contribution in [0.15, 0.2) is 48.5 Å². The number of ether oxygens (including phenoxy) is 1. The van der Waals surface area contributed by atoms with Crippen molar-refractivity contribution >= 4 is 29.1 Å². The lowest BCUT2D eigenvalue weighted by molar-refractivity contribution is -0.948. The number of imide groups is 1. The second-order valence-electron chi connectivity index (χ2n) is 8.55. The molecule has 7 heteroatoms. The summed E-state index contributed by atoms with van der Waals surface area (Å²) in [4.78, 5) is 43.2. The quantitative estimate of drug-likeness (QED) is 0.723. The number of nitrogens with zero attached hydrogens (tertiary/aromatic N) is 1. The van der Waals surface area contributed by atoms with Crippen LogP contribution in [0, 0.1) is 11.8 Å². The molecule has 5 atom stereocenters. The zero-order valence-electron chi connectivity index (χ0n) is 16.6. The summed E-state index contributed by atoms with van der Waals surface area (Å²) in [6, 6.07) is 14.5. The molecule has 4 aliphatic heterocycles. The molecule has 1 unspecified atom stereocenters. The van der Waals surface area contributed by atoms with Gasteiger partial charge in [-0.05, 0) is 30.3 Å². The highest BCUT2D eigenvalue weighted by atomic mass is 16.5. The van der Waals surface area contributed by atoms with E-state index >= 15 is 0 Å². The lowest BCUT2D eigenvalue weighted by Gasteiger charge is -2.33. The molecule has 2 aromatic rings. The summed E-state index contributed by atoms with van der Waals surface area (Å²) in [6.45, 7) is 0.794. The number of amides is 3. The van der Waals surface area contributed by atoms with E-state index in [0.717, 1.165) is 35.5 Å². The predicted octanol–water partition coefficient (Wildman–Crippen LogP) is 0.709. The van der Waals surface area contributed by atoms with E-state index in [4.69, 9.17) is 4.74 Å². The molecule has 0 saturated carbocycles. The average Bonchev–Trinajstić information content (AvgIpc) is 3.46. The molecule has 0 aromatic heterocycles. The molecule has 3 saturated heterocycles. The van der Waals surface area contributed by atoms with E-state index in [-0.39, 0.29) is 23.8 Å². The first-order valence-electron chi connectivity index (χ1n) is 10.4. The van der Waals surface area contributed by atoms with Crippen LogP contribution < -0.4 is 19.9 Å². The van der Waals surface area contributed by atoms with Crippen LogP contribution in [0.4, 0.5) is 11.4 Å². The van der Waals surface area contributed by atoms with E-state index in [1.54, 1.807) is 31.4 Å². The number of methoxy groups -OCH3 is 1. The van der Waals surface area contributed by atoms with Crippen LogP contribution in [-0.2, 0) is 19.9 Å². The third-order valence-electron chi connectivity index (χ3n) is 7.46. The number of rotatable bonds is 2. The van der Waals surface area contributed by atoms with Crippen LogP contribution in [-0.4, -0.2) is 37.4 Å². The van der Waals surface area contributed by atoms with Gasteiger partial charge in [-0.25, -0.2) is 4.90 Å². The Morgan fingerprint density at radius 1 is 1.07 bits per heavy atom. The van der Waals surface area contributed by atoms with Gasteiger partial charge in [0.15, 0.2) is 0 Å². The van der Waals surface area contributed by atoms with Crippen molar-refractivity contribution in [3.05, 3.63) is 54.1 Å². The summed E-state index contributed by atoms with van der Waals surface area (Å²) in [5.74, 6) is -1.12. The van der Waals surface area contributed by atoms with Gasteiger partial charge in [0.05, 0.1) is 25.0 Å². The molecule has 3 amide bonds. The van der Waals surface area contributed by atoms with Gasteiger partial charge < -0.3 is 15.0 Å². The molecule has 2 N–H and O–H groups in total. The number of hydrogen-bond donors (Lipinski definition) is 2. The normalized spacial score (nSPS) is 33.6. The number of carbonyl (C=O) groups excluding carboxylic acids is 3. The Bertz CT molecular complexity index is 1100. The molecular weight excluding hydrogens is 382 g/mol. The van der Waals surface area contributed by atoms with Gasteiger partial charge in [0.2, 0.25) is 17.4 Å². The minimum atomic E-state index is -1.03. The zero-order chi connectivity index (χ0) is 20.6. The van der Waals surface area contributed by atoms with Crippen molar-refractivity contribution in [2.75, 3.05) is 23.9 Å². The lowest BCUT2D eigenvalue weighted by Crippen LogP contribution is -3.19. The molecule has 3 fully saturated rings. The van der Waals surface area contributed by atoms with Crippen molar-refractivity contribution in [1.82, 2.24) is 0 Å². The van der Waals surface area contributed by atoms with Crippen molar-refractivity contribution in [2.24, 2.45) is 11.8 Å². The Balaban J connectivity index is 1.52. The largest absolute Gasteiger partial charge is 0.497 e. The Morgan fingerprint density at radius 2 is 1.83 bits per heavy atom. The number of benzene rings is 2. The van der Waals surface area contributed by atoms with E-state index in [1.165, 1.54) is 4.90 Å². The molecule has 7 nitrogen and oxygen atoms in total. The monoisotopic (exact) mass is 404 g/mol. The molecule has 0 aliphatic carbocycles. The van der Waals surface area contributed by atoms with Gasteiger partial charge >= 0.3 is 0 Å². The van der Waals surface area contributed by atoms with Gasteiger partial charge in [0, 0.05) is 18.4 Å². The van der Waals surface area contributed by atoms with Crippen molar-refractivity contribution in [3.8, 4) is 5.75 Å². The Hall–Kier alpha value is -3.19. The standard InChI is InChI=1S/C23H21N3O4/c1-30-14-10-8-13(9-11-14)26-20(27)18-17-7-4-12-25(17)23(19(18)21(26)28)15-5-2-3-6-16(15)24-22(23)29/h2-3,5-6,8-11,17-19H,4,7,12H2,1H3,(H,24,29)/p+1/t17-,18-,19+,23+/m0/s1. The van der Waals surface area contributed by atoms with Crippen molar-refractivity contribution in [3.63, 3.8) is 0 Å². The van der Waals surface area contributed by atoms with Crippen LogP contribution in [0.3, 0.4) is 0 Å². The Labute approximate surface area is 173 Å². The van der Waals surface area contributed by atoms with E-state index in [2.05, 4.69) is 5.32 Å². The van der Waals surface area contributed by atoms with Gasteiger partial charge in [0.1, 0.15) is 23.6 Å². The van der Waals surface area contributed by atoms with Gasteiger partial charge in [0.25, 0.3) is 5.91 Å². The maximum absolute atomic E-state index is 13.8. The number of para-hydroxylation sites is 1. The summed E-state index contributed by atoms with van der Waals surface area (Å²) in [5.41, 5.74) is 1.10. The summed E-state index contributed by atoms with van der Waals surface area (Å²) >= 11 is 0. The first-order chi connectivity index (χ1) is 14.6. The average molecular weight is 404 g/mol. The molecular formula is C23H22N3O4+. The number of anilines is 2. The van der Waals surface area contributed by atoms with Crippen LogP contribution in [0.25, 0.3) is 0 Å². The second kappa shape index (κ2) is 5.92. The summed E-state index contributed by atoms with van der Waals surface area (Å²) in [7, 11) is 1.57. The molecule has 152 valence electrons. The molecule has 6 rings (SSSR count). The summed E-state index contributed by atoms with van der Waals surface area (Å²) in [6.07, 6.45) is 1.80. The van der Waals surface area contributed by atoms with Gasteiger partial charge in [-0.3, -0.25) is 14.4 Å². The fourth-order valence-corrected chi connectivity index (χ4v) is 6.40. The first-order valence-corrected chi connectivity index (χ1v) is 10.4. The zero-order valence-corrected chi connectivity index (χ0v) is 16.6. The maximum Gasteiger partial charge on any atom is 0.291 e. The highest BCUT2D eigenvalue weighted by molar-refractivity contribution is 6.25. The van der Waals surface area contributed by atoms with Crippen molar-refractivity contribution in [1.29, 1.82) is 0 Å². The highest BCUT2D eigenvalue weighted by Crippen LogP contribution is 2.52. The van der Waals surface area contributed by atoms with E-state index in [0.29, 0.717) is 11.4 Å². The molecule has 4 aliphatic rings. The number of carbonyl (C=O) groups is 3. The lowest BCUT2D eigenvalue weighted by atomic mass is 9.75. The number of hydrogen-bond acceptors (Lipinski definition) is 4. The minimum Gasteiger partial charge on any atom is -0.497 e. The van der Waals surface area contributed by atoms with Crippen LogP contribution >= 0.6 is 0 Å². The van der Waals surface area contributed by atoms with E-state index < -0.39 is 17.4 Å². The van der Waals surface area contributed by atoms with Crippen LogP contribution in [0.5, 0.6) is 5.75 Å². The van der Waals surface area contributed by atoms with E-state index in [1.807, 2.05) is 24.3 Å². The number of nitrogens with one attached hydrogen (secondary N) is 2. The predicted molar refractivity (Wildman–Crippen MR) is 108 cm³/mol. The first kappa shape index (κ1) is 17.7. The Kier molecular flexibility index (Phi) is 3.48.